The molecule has 0 bridgehead atoms. The number of carbonyl (C=O) groups is 3. The van der Waals surface area contributed by atoms with Crippen LogP contribution in [0, 0.1) is 0 Å². The first-order chi connectivity index (χ1) is 12.1. The van der Waals surface area contributed by atoms with E-state index in [1.165, 1.54) is 71.1 Å². The van der Waals surface area contributed by atoms with Gasteiger partial charge in [-0.3, -0.25) is 19.7 Å². The molecule has 0 spiro atoms. The van der Waals surface area contributed by atoms with Gasteiger partial charge >= 0.3 is 0 Å². The molecular weight excluding hydrogens is 334 g/mol. The van der Waals surface area contributed by atoms with E-state index in [9.17, 15) is 14.4 Å². The summed E-state index contributed by atoms with van der Waals surface area (Å²) < 4.78 is 0. The van der Waals surface area contributed by atoms with Crippen molar-refractivity contribution in [2.75, 3.05) is 5.75 Å². The number of thioether (sulfide) groups is 1. The third-order valence-electron chi connectivity index (χ3n) is 4.19. The highest BCUT2D eigenvalue weighted by Gasteiger charge is 2.08. The number of imide groups is 1. The summed E-state index contributed by atoms with van der Waals surface area (Å²) in [4.78, 5) is 33.7. The minimum atomic E-state index is -0.375. The lowest BCUT2D eigenvalue weighted by atomic mass is 10.0. The molecule has 0 aromatic rings. The summed E-state index contributed by atoms with van der Waals surface area (Å²) in [6.07, 6.45) is 16.9. The Labute approximate surface area is 158 Å². The van der Waals surface area contributed by atoms with Crippen LogP contribution >= 0.6 is 11.8 Å². The van der Waals surface area contributed by atoms with E-state index >= 15 is 0 Å². The first-order valence-electron chi connectivity index (χ1n) is 10.0. The zero-order valence-corrected chi connectivity index (χ0v) is 17.1. The molecule has 0 unspecified atom stereocenters. The van der Waals surface area contributed by atoms with Gasteiger partial charge in [-0.15, -0.1) is 0 Å². The zero-order valence-electron chi connectivity index (χ0n) is 16.2. The molecule has 25 heavy (non-hydrogen) atoms. The van der Waals surface area contributed by atoms with Gasteiger partial charge < -0.3 is 0 Å². The van der Waals surface area contributed by atoms with E-state index in [-0.39, 0.29) is 22.7 Å². The van der Waals surface area contributed by atoms with Crippen molar-refractivity contribution in [3.05, 3.63) is 0 Å². The Balaban J connectivity index is 3.28. The number of nitrogens with one attached hydrogen (secondary N) is 1. The molecule has 0 aliphatic carbocycles. The van der Waals surface area contributed by atoms with Crippen molar-refractivity contribution in [2.24, 2.45) is 0 Å². The van der Waals surface area contributed by atoms with Gasteiger partial charge in [-0.1, -0.05) is 95.7 Å². The third kappa shape index (κ3) is 19.3. The normalized spacial score (nSPS) is 10.6. The molecule has 0 atom stereocenters. The first kappa shape index (κ1) is 24.2. The lowest BCUT2D eigenvalue weighted by molar-refractivity contribution is -0.129. The number of amides is 2. The van der Waals surface area contributed by atoms with E-state index in [0.717, 1.165) is 31.0 Å². The molecule has 0 aliphatic rings. The van der Waals surface area contributed by atoms with Gasteiger partial charge in [0.1, 0.15) is 0 Å². The lowest BCUT2D eigenvalue weighted by Gasteiger charge is -2.04. The smallest absolute Gasteiger partial charge is 0.237 e. The first-order valence-corrected chi connectivity index (χ1v) is 11.0. The van der Waals surface area contributed by atoms with Crippen molar-refractivity contribution < 1.29 is 14.4 Å². The summed E-state index contributed by atoms with van der Waals surface area (Å²) in [5, 5.41) is 2.22. The second-order valence-electron chi connectivity index (χ2n) is 6.74. The molecule has 0 rings (SSSR count). The predicted octanol–water partition coefficient (Wildman–Crippen LogP) is 5.39. The monoisotopic (exact) mass is 371 g/mol. The van der Waals surface area contributed by atoms with Crippen molar-refractivity contribution in [3.8, 4) is 0 Å². The van der Waals surface area contributed by atoms with Gasteiger partial charge in [0.25, 0.3) is 0 Å². The van der Waals surface area contributed by atoms with Gasteiger partial charge in [0.05, 0.1) is 5.75 Å². The minimum Gasteiger partial charge on any atom is -0.296 e. The van der Waals surface area contributed by atoms with Crippen molar-refractivity contribution in [1.29, 1.82) is 0 Å². The number of unbranched alkanes of at least 4 members (excludes halogenated alkanes) is 12. The van der Waals surface area contributed by atoms with Gasteiger partial charge in [0.2, 0.25) is 11.8 Å². The summed E-state index contributed by atoms with van der Waals surface area (Å²) in [5.74, 6) is -0.572. The van der Waals surface area contributed by atoms with Crippen LogP contribution in [0.5, 0.6) is 0 Å². The molecule has 4 nitrogen and oxygen atoms in total. The fraction of sp³-hybridized carbons (Fsp3) is 0.850. The summed E-state index contributed by atoms with van der Waals surface area (Å²) in [7, 11) is 0. The zero-order chi connectivity index (χ0) is 18.8. The quantitative estimate of drug-likeness (QED) is 0.369. The van der Waals surface area contributed by atoms with Crippen LogP contribution < -0.4 is 5.32 Å². The van der Waals surface area contributed by atoms with Gasteiger partial charge in [-0.25, -0.2) is 0 Å². The molecule has 146 valence electrons. The highest BCUT2D eigenvalue weighted by Crippen LogP contribution is 2.12. The predicted molar refractivity (Wildman–Crippen MR) is 107 cm³/mol. The van der Waals surface area contributed by atoms with Gasteiger partial charge in [-0.05, 0) is 6.42 Å². The molecule has 0 aromatic carbocycles. The van der Waals surface area contributed by atoms with Crippen molar-refractivity contribution in [2.45, 2.75) is 104 Å². The van der Waals surface area contributed by atoms with Crippen LogP contribution in [-0.2, 0) is 14.4 Å². The van der Waals surface area contributed by atoms with Crippen LogP contribution in [0.25, 0.3) is 0 Å². The number of hydrogen-bond acceptors (Lipinski definition) is 4. The summed E-state index contributed by atoms with van der Waals surface area (Å²) in [6, 6.07) is 0. The van der Waals surface area contributed by atoms with Gasteiger partial charge in [0.15, 0.2) is 5.12 Å². The fourth-order valence-corrected chi connectivity index (χ4v) is 3.13. The largest absolute Gasteiger partial charge is 0.296 e. The van der Waals surface area contributed by atoms with Gasteiger partial charge in [-0.2, -0.15) is 0 Å². The second-order valence-corrected chi connectivity index (χ2v) is 7.90. The van der Waals surface area contributed by atoms with Crippen molar-refractivity contribution >= 4 is 28.7 Å². The maximum Gasteiger partial charge on any atom is 0.237 e. The van der Waals surface area contributed by atoms with Crippen molar-refractivity contribution in [1.82, 2.24) is 5.32 Å². The Bertz CT molecular complexity index is 372. The highest BCUT2D eigenvalue weighted by atomic mass is 32.2. The fourth-order valence-electron chi connectivity index (χ4n) is 2.72. The van der Waals surface area contributed by atoms with E-state index < -0.39 is 0 Å². The van der Waals surface area contributed by atoms with Crippen LogP contribution in [0.4, 0.5) is 0 Å². The Kier molecular flexibility index (Phi) is 17.4. The van der Waals surface area contributed by atoms with E-state index in [1.807, 2.05) is 0 Å². The number of carbonyl (C=O) groups excluding carboxylic acids is 3. The maximum atomic E-state index is 11.6. The molecule has 0 aliphatic heterocycles. The number of hydrogen-bond donors (Lipinski definition) is 1. The van der Waals surface area contributed by atoms with Crippen molar-refractivity contribution in [3.63, 3.8) is 0 Å². The Morgan fingerprint density at radius 3 is 1.56 bits per heavy atom. The molecule has 5 heteroatoms. The topological polar surface area (TPSA) is 63.2 Å². The van der Waals surface area contributed by atoms with E-state index in [1.54, 1.807) is 0 Å². The van der Waals surface area contributed by atoms with Crippen LogP contribution in [0.15, 0.2) is 0 Å². The Morgan fingerprint density at radius 2 is 1.12 bits per heavy atom. The minimum absolute atomic E-state index is 0.0275. The van der Waals surface area contributed by atoms with Crippen LogP contribution in [0.1, 0.15) is 104 Å². The van der Waals surface area contributed by atoms with Gasteiger partial charge in [0, 0.05) is 13.3 Å². The second kappa shape index (κ2) is 18.0. The SMILES string of the molecule is CCCCCCCCCCCCCCCC(=O)NC(=O)CSC(C)=O. The Morgan fingerprint density at radius 1 is 0.680 bits per heavy atom. The third-order valence-corrected chi connectivity index (χ3v) is 5.01. The lowest BCUT2D eigenvalue weighted by Crippen LogP contribution is -2.31. The molecule has 1 N–H and O–H groups in total. The maximum absolute atomic E-state index is 11.6. The molecule has 0 fully saturated rings. The van der Waals surface area contributed by atoms with E-state index in [0.29, 0.717) is 6.42 Å². The van der Waals surface area contributed by atoms with Crippen LogP contribution in [0.3, 0.4) is 0 Å². The molecule has 0 heterocycles. The molecule has 2 amide bonds. The average Bonchev–Trinajstić information content (AvgIpc) is 2.57. The van der Waals surface area contributed by atoms with E-state index in [2.05, 4.69) is 12.2 Å². The van der Waals surface area contributed by atoms with E-state index in [4.69, 9.17) is 0 Å². The molecule has 0 radical (unpaired) electrons. The molecule has 0 aromatic heterocycles. The Hall–Kier alpha value is -0.840. The van der Waals surface area contributed by atoms with Crippen LogP contribution in [-0.4, -0.2) is 22.7 Å². The van der Waals surface area contributed by atoms with Crippen LogP contribution in [0.2, 0.25) is 0 Å². The summed E-state index contributed by atoms with van der Waals surface area (Å²) in [6.45, 7) is 3.66. The standard InChI is InChI=1S/C20H37NO3S/c1-3-4-5-6-7-8-9-10-11-12-13-14-15-16-19(23)21-20(24)17-25-18(2)22/h3-17H2,1-2H3,(H,21,23,24). The molecule has 0 saturated heterocycles. The average molecular weight is 372 g/mol. The summed E-state index contributed by atoms with van der Waals surface area (Å²) >= 11 is 0.926. The molecule has 0 saturated carbocycles. The number of rotatable bonds is 16. The summed E-state index contributed by atoms with van der Waals surface area (Å²) in [5.41, 5.74) is 0. The highest BCUT2D eigenvalue weighted by molar-refractivity contribution is 8.14. The molecular formula is C20H37NO3S.